The molecule has 0 aromatic heterocycles. The highest BCUT2D eigenvalue weighted by molar-refractivity contribution is 9.10. The molecule has 0 fully saturated rings. The second-order valence-electron chi connectivity index (χ2n) is 4.04. The zero-order valence-electron chi connectivity index (χ0n) is 10.3. The van der Waals surface area contributed by atoms with Gasteiger partial charge in [-0.3, -0.25) is 4.79 Å². The highest BCUT2D eigenvalue weighted by Gasteiger charge is 2.13. The Balaban J connectivity index is 2.26. The first-order chi connectivity index (χ1) is 9.11. The van der Waals surface area contributed by atoms with Crippen molar-refractivity contribution < 1.29 is 9.53 Å². The van der Waals surface area contributed by atoms with Gasteiger partial charge in [0.25, 0.3) is 0 Å². The number of halogens is 2. The van der Waals surface area contributed by atoms with Gasteiger partial charge in [-0.25, -0.2) is 0 Å². The van der Waals surface area contributed by atoms with Crippen molar-refractivity contribution in [3.05, 3.63) is 63.1 Å². The average Bonchev–Trinajstić information content (AvgIpc) is 2.39. The third-order valence-electron chi connectivity index (χ3n) is 2.78. The van der Waals surface area contributed by atoms with Crippen LogP contribution >= 0.6 is 27.5 Å². The third kappa shape index (κ3) is 3.37. The number of methoxy groups -OCH3 is 1. The van der Waals surface area contributed by atoms with Gasteiger partial charge in [0.15, 0.2) is 5.78 Å². The van der Waals surface area contributed by atoms with Gasteiger partial charge in [-0.05, 0) is 24.3 Å². The van der Waals surface area contributed by atoms with Crippen LogP contribution in [0.3, 0.4) is 0 Å². The first kappa shape index (κ1) is 14.1. The zero-order chi connectivity index (χ0) is 13.8. The molecule has 0 spiro atoms. The van der Waals surface area contributed by atoms with Crippen LogP contribution in [-0.4, -0.2) is 12.9 Å². The molecular weight excluding hydrogens is 328 g/mol. The van der Waals surface area contributed by atoms with Gasteiger partial charge >= 0.3 is 0 Å². The summed E-state index contributed by atoms with van der Waals surface area (Å²) in [5.74, 6) is 0.686. The predicted molar refractivity (Wildman–Crippen MR) is 80.2 cm³/mol. The molecule has 19 heavy (non-hydrogen) atoms. The molecule has 0 aliphatic carbocycles. The monoisotopic (exact) mass is 338 g/mol. The molecule has 0 aliphatic heterocycles. The summed E-state index contributed by atoms with van der Waals surface area (Å²) in [6, 6.07) is 12.7. The van der Waals surface area contributed by atoms with Crippen LogP contribution in [0.1, 0.15) is 15.9 Å². The first-order valence-corrected chi connectivity index (χ1v) is 6.89. The zero-order valence-corrected chi connectivity index (χ0v) is 12.7. The lowest BCUT2D eigenvalue weighted by Crippen LogP contribution is -2.05. The van der Waals surface area contributed by atoms with Crippen molar-refractivity contribution in [1.29, 1.82) is 0 Å². The maximum atomic E-state index is 12.3. The molecule has 2 aromatic rings. The van der Waals surface area contributed by atoms with Crippen molar-refractivity contribution in [2.75, 3.05) is 7.11 Å². The van der Waals surface area contributed by atoms with Gasteiger partial charge in [0.05, 0.1) is 12.1 Å². The Morgan fingerprint density at radius 1 is 1.26 bits per heavy atom. The molecule has 0 aliphatic rings. The molecule has 0 saturated carbocycles. The molecule has 0 heterocycles. The second-order valence-corrected chi connectivity index (χ2v) is 5.36. The summed E-state index contributed by atoms with van der Waals surface area (Å²) in [6.07, 6.45) is 0.269. The molecule has 0 unspecified atom stereocenters. The topological polar surface area (TPSA) is 26.3 Å². The van der Waals surface area contributed by atoms with E-state index in [0.717, 1.165) is 10.0 Å². The molecule has 98 valence electrons. The molecular formula is C15H12BrClO2. The molecule has 2 aromatic carbocycles. The SMILES string of the molecule is COc1ccccc1CC(=O)c1ccc(Br)cc1Cl. The van der Waals surface area contributed by atoms with Crippen molar-refractivity contribution >= 4 is 33.3 Å². The van der Waals surface area contributed by atoms with E-state index in [1.165, 1.54) is 0 Å². The summed E-state index contributed by atoms with van der Waals surface area (Å²) >= 11 is 9.40. The van der Waals surface area contributed by atoms with E-state index in [9.17, 15) is 4.79 Å². The molecule has 0 atom stereocenters. The summed E-state index contributed by atoms with van der Waals surface area (Å²) in [4.78, 5) is 12.3. The fraction of sp³-hybridized carbons (Fsp3) is 0.133. The van der Waals surface area contributed by atoms with Crippen LogP contribution in [0.25, 0.3) is 0 Å². The molecule has 0 saturated heterocycles. The molecule has 0 bridgehead atoms. The number of carbonyl (C=O) groups is 1. The standard InChI is InChI=1S/C15H12BrClO2/c1-19-15-5-3-2-4-10(15)8-14(18)12-7-6-11(16)9-13(12)17/h2-7,9H,8H2,1H3. The number of hydrogen-bond donors (Lipinski definition) is 0. The van der Waals surface area contributed by atoms with Gasteiger partial charge in [0.1, 0.15) is 5.75 Å². The number of rotatable bonds is 4. The third-order valence-corrected chi connectivity index (χ3v) is 3.58. The first-order valence-electron chi connectivity index (χ1n) is 5.72. The fourth-order valence-corrected chi connectivity index (χ4v) is 2.61. The van der Waals surface area contributed by atoms with Gasteiger partial charge in [-0.2, -0.15) is 0 Å². The van der Waals surface area contributed by atoms with Gasteiger partial charge in [0, 0.05) is 22.0 Å². The van der Waals surface area contributed by atoms with Crippen LogP contribution in [0.15, 0.2) is 46.9 Å². The average molecular weight is 340 g/mol. The Hall–Kier alpha value is -1.32. The Labute approximate surface area is 125 Å². The second kappa shape index (κ2) is 6.22. The minimum atomic E-state index is -0.0259. The number of carbonyl (C=O) groups excluding carboxylic acids is 1. The van der Waals surface area contributed by atoms with E-state index in [2.05, 4.69) is 15.9 Å². The largest absolute Gasteiger partial charge is 0.496 e. The maximum absolute atomic E-state index is 12.3. The Morgan fingerprint density at radius 2 is 2.00 bits per heavy atom. The Kier molecular flexibility index (Phi) is 4.61. The molecule has 0 amide bonds. The predicted octanol–water partition coefficient (Wildman–Crippen LogP) is 4.54. The van der Waals surface area contributed by atoms with Crippen LogP contribution in [0.4, 0.5) is 0 Å². The van der Waals surface area contributed by atoms with Gasteiger partial charge in [-0.15, -0.1) is 0 Å². The normalized spacial score (nSPS) is 10.3. The molecule has 0 N–H and O–H groups in total. The van der Waals surface area contributed by atoms with Crippen molar-refractivity contribution in [3.8, 4) is 5.75 Å². The molecule has 2 rings (SSSR count). The summed E-state index contributed by atoms with van der Waals surface area (Å²) in [7, 11) is 1.59. The van der Waals surface area contributed by atoms with E-state index in [4.69, 9.17) is 16.3 Å². The van der Waals surface area contributed by atoms with Crippen LogP contribution in [-0.2, 0) is 6.42 Å². The summed E-state index contributed by atoms with van der Waals surface area (Å²) < 4.78 is 6.09. The van der Waals surface area contributed by atoms with Crippen molar-refractivity contribution in [3.63, 3.8) is 0 Å². The highest BCUT2D eigenvalue weighted by Crippen LogP contribution is 2.24. The van der Waals surface area contributed by atoms with E-state index in [1.54, 1.807) is 25.3 Å². The van der Waals surface area contributed by atoms with Crippen LogP contribution in [0.5, 0.6) is 5.75 Å². The number of ether oxygens (including phenoxy) is 1. The van der Waals surface area contributed by atoms with Gasteiger partial charge in [0.2, 0.25) is 0 Å². The van der Waals surface area contributed by atoms with Gasteiger partial charge < -0.3 is 4.74 Å². The van der Waals surface area contributed by atoms with Crippen LogP contribution < -0.4 is 4.74 Å². The highest BCUT2D eigenvalue weighted by atomic mass is 79.9. The summed E-state index contributed by atoms with van der Waals surface area (Å²) in [5, 5.41) is 0.453. The number of ketones is 1. The summed E-state index contributed by atoms with van der Waals surface area (Å²) in [6.45, 7) is 0. The van der Waals surface area contributed by atoms with Crippen molar-refractivity contribution in [2.45, 2.75) is 6.42 Å². The lowest BCUT2D eigenvalue weighted by Gasteiger charge is -2.08. The Bertz CT molecular complexity index is 611. The van der Waals surface area contributed by atoms with E-state index in [1.807, 2.05) is 24.3 Å². The minimum Gasteiger partial charge on any atom is -0.496 e. The molecule has 4 heteroatoms. The minimum absolute atomic E-state index is 0.0259. The molecule has 2 nitrogen and oxygen atoms in total. The lowest BCUT2D eigenvalue weighted by atomic mass is 10.0. The maximum Gasteiger partial charge on any atom is 0.168 e. The smallest absolute Gasteiger partial charge is 0.168 e. The Morgan fingerprint density at radius 3 is 2.68 bits per heavy atom. The van der Waals surface area contributed by atoms with Crippen LogP contribution in [0.2, 0.25) is 5.02 Å². The van der Waals surface area contributed by atoms with Crippen molar-refractivity contribution in [1.82, 2.24) is 0 Å². The van der Waals surface area contributed by atoms with Crippen molar-refractivity contribution in [2.24, 2.45) is 0 Å². The summed E-state index contributed by atoms with van der Waals surface area (Å²) in [5.41, 5.74) is 1.38. The fourth-order valence-electron chi connectivity index (χ4n) is 1.83. The molecule has 0 radical (unpaired) electrons. The van der Waals surface area contributed by atoms with Crippen LogP contribution in [0, 0.1) is 0 Å². The van der Waals surface area contributed by atoms with E-state index < -0.39 is 0 Å². The quantitative estimate of drug-likeness (QED) is 0.765. The number of benzene rings is 2. The number of para-hydroxylation sites is 1. The number of Topliss-reactive ketones (excluding diaryl/α,β-unsaturated/α-hetero) is 1. The van der Waals surface area contributed by atoms with E-state index in [-0.39, 0.29) is 12.2 Å². The number of hydrogen-bond acceptors (Lipinski definition) is 2. The van der Waals surface area contributed by atoms with E-state index >= 15 is 0 Å². The van der Waals surface area contributed by atoms with Gasteiger partial charge in [-0.1, -0.05) is 45.7 Å². The van der Waals surface area contributed by atoms with E-state index in [0.29, 0.717) is 16.3 Å². The lowest BCUT2D eigenvalue weighted by molar-refractivity contribution is 0.0992.